The van der Waals surface area contributed by atoms with Crippen molar-refractivity contribution in [3.05, 3.63) is 0 Å². The summed E-state index contributed by atoms with van der Waals surface area (Å²) in [7, 11) is 0. The average Bonchev–Trinajstić information content (AvgIpc) is 1.87. The standard InChI is InChI=1S/C9H18O2/c1-4-5-6-8(7(2)3)9(10)11/h7-8H,4-6H2,1-3H3,(H,10,11). The number of rotatable bonds is 5. The Morgan fingerprint density at radius 2 is 2.00 bits per heavy atom. The summed E-state index contributed by atoms with van der Waals surface area (Å²) in [6.45, 7) is 6.02. The highest BCUT2D eigenvalue weighted by atomic mass is 16.4. The fraction of sp³-hybridized carbons (Fsp3) is 0.889. The number of aliphatic carboxylic acids is 1. The molecule has 0 spiro atoms. The monoisotopic (exact) mass is 158 g/mol. The van der Waals surface area contributed by atoms with Gasteiger partial charge >= 0.3 is 5.97 Å². The highest BCUT2D eigenvalue weighted by molar-refractivity contribution is 5.70. The second-order valence-electron chi connectivity index (χ2n) is 3.33. The zero-order chi connectivity index (χ0) is 8.85. The maximum Gasteiger partial charge on any atom is 0.306 e. The van der Waals surface area contributed by atoms with E-state index in [1.54, 1.807) is 0 Å². The lowest BCUT2D eigenvalue weighted by Crippen LogP contribution is -2.19. The fourth-order valence-corrected chi connectivity index (χ4v) is 1.17. The minimum Gasteiger partial charge on any atom is -0.481 e. The van der Waals surface area contributed by atoms with Crippen LogP contribution in [0.5, 0.6) is 0 Å². The van der Waals surface area contributed by atoms with Gasteiger partial charge in [0.25, 0.3) is 0 Å². The normalized spacial score (nSPS) is 13.5. The van der Waals surface area contributed by atoms with Crippen LogP contribution >= 0.6 is 0 Å². The quantitative estimate of drug-likeness (QED) is 0.667. The fourth-order valence-electron chi connectivity index (χ4n) is 1.17. The lowest BCUT2D eigenvalue weighted by molar-refractivity contribution is -0.143. The van der Waals surface area contributed by atoms with Crippen LogP contribution < -0.4 is 0 Å². The molecule has 66 valence electrons. The molecule has 2 nitrogen and oxygen atoms in total. The lowest BCUT2D eigenvalue weighted by Gasteiger charge is -2.14. The van der Waals surface area contributed by atoms with Crippen LogP contribution in [0.1, 0.15) is 40.0 Å². The molecule has 2 heteroatoms. The van der Waals surface area contributed by atoms with Crippen molar-refractivity contribution in [2.45, 2.75) is 40.0 Å². The summed E-state index contributed by atoms with van der Waals surface area (Å²) in [6.07, 6.45) is 2.93. The maximum atomic E-state index is 10.6. The number of carbonyl (C=O) groups is 1. The van der Waals surface area contributed by atoms with Gasteiger partial charge in [0.1, 0.15) is 0 Å². The third-order valence-corrected chi connectivity index (χ3v) is 1.99. The summed E-state index contributed by atoms with van der Waals surface area (Å²) in [5.41, 5.74) is 0. The van der Waals surface area contributed by atoms with Crippen LogP contribution in [0.2, 0.25) is 0 Å². The number of carboxylic acids is 1. The zero-order valence-electron chi connectivity index (χ0n) is 7.63. The summed E-state index contributed by atoms with van der Waals surface area (Å²) in [6, 6.07) is 0. The topological polar surface area (TPSA) is 37.3 Å². The van der Waals surface area contributed by atoms with E-state index in [2.05, 4.69) is 6.92 Å². The Balaban J connectivity index is 3.80. The van der Waals surface area contributed by atoms with Gasteiger partial charge < -0.3 is 5.11 Å². The van der Waals surface area contributed by atoms with E-state index in [9.17, 15) is 4.79 Å². The Bertz CT molecular complexity index is 119. The molecule has 1 atom stereocenters. The second-order valence-corrected chi connectivity index (χ2v) is 3.33. The van der Waals surface area contributed by atoms with Gasteiger partial charge in [0.2, 0.25) is 0 Å². The molecule has 0 aromatic rings. The summed E-state index contributed by atoms with van der Waals surface area (Å²) in [5, 5.41) is 8.77. The highest BCUT2D eigenvalue weighted by Crippen LogP contribution is 2.17. The zero-order valence-corrected chi connectivity index (χ0v) is 7.63. The lowest BCUT2D eigenvalue weighted by atomic mass is 9.91. The van der Waals surface area contributed by atoms with Crippen molar-refractivity contribution in [2.24, 2.45) is 11.8 Å². The van der Waals surface area contributed by atoms with Gasteiger partial charge in [-0.05, 0) is 12.3 Å². The van der Waals surface area contributed by atoms with Gasteiger partial charge in [0, 0.05) is 0 Å². The smallest absolute Gasteiger partial charge is 0.306 e. The van der Waals surface area contributed by atoms with Crippen LogP contribution in [0.25, 0.3) is 0 Å². The van der Waals surface area contributed by atoms with Gasteiger partial charge in [0.05, 0.1) is 5.92 Å². The molecule has 0 aromatic carbocycles. The molecule has 0 aliphatic heterocycles. The molecule has 0 rings (SSSR count). The minimum atomic E-state index is -0.645. The molecular weight excluding hydrogens is 140 g/mol. The number of unbranched alkanes of at least 4 members (excludes halogenated alkanes) is 1. The van der Waals surface area contributed by atoms with Crippen molar-refractivity contribution < 1.29 is 9.90 Å². The largest absolute Gasteiger partial charge is 0.481 e. The Hall–Kier alpha value is -0.530. The maximum absolute atomic E-state index is 10.6. The average molecular weight is 158 g/mol. The molecule has 0 aromatic heterocycles. The molecule has 0 aliphatic rings. The van der Waals surface area contributed by atoms with Crippen molar-refractivity contribution in [3.8, 4) is 0 Å². The molecule has 0 aliphatic carbocycles. The molecular formula is C9H18O2. The minimum absolute atomic E-state index is 0.144. The first kappa shape index (κ1) is 10.5. The van der Waals surface area contributed by atoms with Crippen LogP contribution in [0, 0.1) is 11.8 Å². The molecule has 0 saturated heterocycles. The molecule has 1 N–H and O–H groups in total. The van der Waals surface area contributed by atoms with E-state index in [1.807, 2.05) is 13.8 Å². The molecule has 0 radical (unpaired) electrons. The molecule has 1 unspecified atom stereocenters. The summed E-state index contributed by atoms with van der Waals surface area (Å²) in [5.74, 6) is -0.526. The van der Waals surface area contributed by atoms with Gasteiger partial charge in [-0.25, -0.2) is 0 Å². The number of hydrogen-bond donors (Lipinski definition) is 1. The Kier molecular flexibility index (Phi) is 4.92. The van der Waals surface area contributed by atoms with Gasteiger partial charge in [-0.3, -0.25) is 4.79 Å². The second kappa shape index (κ2) is 5.16. The van der Waals surface area contributed by atoms with Gasteiger partial charge in [0.15, 0.2) is 0 Å². The van der Waals surface area contributed by atoms with E-state index in [-0.39, 0.29) is 11.8 Å². The van der Waals surface area contributed by atoms with E-state index in [0.717, 1.165) is 19.3 Å². The SMILES string of the molecule is CCCCC(C(=O)O)C(C)C. The Morgan fingerprint density at radius 3 is 2.27 bits per heavy atom. The molecule has 11 heavy (non-hydrogen) atoms. The van der Waals surface area contributed by atoms with E-state index < -0.39 is 5.97 Å². The molecule has 0 heterocycles. The van der Waals surface area contributed by atoms with E-state index >= 15 is 0 Å². The first-order chi connectivity index (χ1) is 5.09. The Labute approximate surface area is 68.6 Å². The molecule has 0 saturated carbocycles. The molecule has 0 bridgehead atoms. The number of hydrogen-bond acceptors (Lipinski definition) is 1. The summed E-state index contributed by atoms with van der Waals surface area (Å²) >= 11 is 0. The van der Waals surface area contributed by atoms with Crippen LogP contribution in [0.4, 0.5) is 0 Å². The predicted molar refractivity (Wildman–Crippen MR) is 45.5 cm³/mol. The molecule has 0 amide bonds. The third kappa shape index (κ3) is 4.02. The van der Waals surface area contributed by atoms with Crippen molar-refractivity contribution in [3.63, 3.8) is 0 Å². The summed E-state index contributed by atoms with van der Waals surface area (Å²) in [4.78, 5) is 10.6. The summed E-state index contributed by atoms with van der Waals surface area (Å²) < 4.78 is 0. The predicted octanol–water partition coefficient (Wildman–Crippen LogP) is 2.53. The molecule has 0 fully saturated rings. The van der Waals surface area contributed by atoms with E-state index in [0.29, 0.717) is 0 Å². The van der Waals surface area contributed by atoms with Crippen molar-refractivity contribution >= 4 is 5.97 Å². The Morgan fingerprint density at radius 1 is 1.45 bits per heavy atom. The van der Waals surface area contributed by atoms with Crippen molar-refractivity contribution in [1.29, 1.82) is 0 Å². The van der Waals surface area contributed by atoms with Crippen LogP contribution in [-0.2, 0) is 4.79 Å². The van der Waals surface area contributed by atoms with E-state index in [1.165, 1.54) is 0 Å². The van der Waals surface area contributed by atoms with Crippen LogP contribution in [0.3, 0.4) is 0 Å². The third-order valence-electron chi connectivity index (χ3n) is 1.99. The van der Waals surface area contributed by atoms with Gasteiger partial charge in [-0.2, -0.15) is 0 Å². The van der Waals surface area contributed by atoms with Gasteiger partial charge in [-0.1, -0.05) is 33.6 Å². The first-order valence-corrected chi connectivity index (χ1v) is 4.32. The van der Waals surface area contributed by atoms with E-state index in [4.69, 9.17) is 5.11 Å². The van der Waals surface area contributed by atoms with Crippen molar-refractivity contribution in [1.82, 2.24) is 0 Å². The van der Waals surface area contributed by atoms with Crippen LogP contribution in [-0.4, -0.2) is 11.1 Å². The highest BCUT2D eigenvalue weighted by Gasteiger charge is 2.19. The van der Waals surface area contributed by atoms with Crippen LogP contribution in [0.15, 0.2) is 0 Å². The first-order valence-electron chi connectivity index (χ1n) is 4.32. The number of carboxylic acid groups (broad SMARTS) is 1. The van der Waals surface area contributed by atoms with Crippen molar-refractivity contribution in [2.75, 3.05) is 0 Å². The van der Waals surface area contributed by atoms with Gasteiger partial charge in [-0.15, -0.1) is 0 Å².